The highest BCUT2D eigenvalue weighted by Crippen LogP contribution is 2.27. The van der Waals surface area contributed by atoms with Gasteiger partial charge < -0.3 is 4.74 Å². The van der Waals surface area contributed by atoms with Crippen LogP contribution in [0.25, 0.3) is 0 Å². The van der Waals surface area contributed by atoms with Crippen LogP contribution in [-0.4, -0.2) is 29.3 Å². The Kier molecular flexibility index (Phi) is 4.13. The molecule has 1 unspecified atom stereocenters. The zero-order valence-corrected chi connectivity index (χ0v) is 11.2. The van der Waals surface area contributed by atoms with Crippen molar-refractivity contribution in [3.05, 3.63) is 34.4 Å². The van der Waals surface area contributed by atoms with Gasteiger partial charge in [0, 0.05) is 18.6 Å². The van der Waals surface area contributed by atoms with Crippen LogP contribution in [0.3, 0.4) is 0 Å². The molecule has 0 saturated heterocycles. The van der Waals surface area contributed by atoms with Crippen molar-refractivity contribution in [2.45, 2.75) is 19.4 Å². The molecule has 8 nitrogen and oxygen atoms in total. The normalized spacial score (nSPS) is 17.0. The third kappa shape index (κ3) is 2.97. The number of carbonyl (C=O) groups is 1. The van der Waals surface area contributed by atoms with Crippen LogP contribution in [0.15, 0.2) is 29.4 Å². The lowest BCUT2D eigenvalue weighted by Gasteiger charge is -2.17. The summed E-state index contributed by atoms with van der Waals surface area (Å²) in [5.41, 5.74) is 0.411. The summed E-state index contributed by atoms with van der Waals surface area (Å²) in [5.74, 6) is -0.578. The van der Waals surface area contributed by atoms with E-state index in [0.29, 0.717) is 5.69 Å². The number of nitro benzene ring substituents is 1. The molecule has 0 saturated carbocycles. The number of hydrazone groups is 1. The van der Waals surface area contributed by atoms with E-state index in [2.05, 4.69) is 5.10 Å². The van der Waals surface area contributed by atoms with Gasteiger partial charge in [-0.3, -0.25) is 10.1 Å². The average Bonchev–Trinajstić information content (AvgIpc) is 2.92. The first kappa shape index (κ1) is 14.5. The van der Waals surface area contributed by atoms with Gasteiger partial charge in [0.25, 0.3) is 5.69 Å². The van der Waals surface area contributed by atoms with E-state index in [1.54, 1.807) is 13.0 Å². The lowest BCUT2D eigenvalue weighted by molar-refractivity contribution is -0.384. The molecule has 1 atom stereocenters. The number of hydrogen-bond donors (Lipinski definition) is 0. The number of anilines is 1. The van der Waals surface area contributed by atoms with Gasteiger partial charge in [-0.1, -0.05) is 6.07 Å². The van der Waals surface area contributed by atoms with Crippen molar-refractivity contribution < 1.29 is 14.5 Å². The molecule has 21 heavy (non-hydrogen) atoms. The lowest BCUT2D eigenvalue weighted by Crippen LogP contribution is -2.24. The van der Waals surface area contributed by atoms with E-state index < -0.39 is 16.9 Å². The van der Waals surface area contributed by atoms with Crippen LogP contribution in [0.2, 0.25) is 0 Å². The maximum absolute atomic E-state index is 11.7. The summed E-state index contributed by atoms with van der Waals surface area (Å²) in [5, 5.41) is 25.3. The number of non-ortho nitro benzene ring substituents is 1. The Balaban J connectivity index is 2.32. The van der Waals surface area contributed by atoms with E-state index in [0.717, 1.165) is 0 Å². The second-order valence-corrected chi connectivity index (χ2v) is 4.24. The van der Waals surface area contributed by atoms with Gasteiger partial charge in [-0.05, 0) is 13.0 Å². The van der Waals surface area contributed by atoms with Crippen molar-refractivity contribution in [2.24, 2.45) is 5.10 Å². The van der Waals surface area contributed by atoms with Gasteiger partial charge in [-0.2, -0.15) is 10.4 Å². The first-order valence-electron chi connectivity index (χ1n) is 6.24. The fraction of sp³-hybridized carbons (Fsp3) is 0.308. The third-order valence-electron chi connectivity index (χ3n) is 2.88. The fourth-order valence-corrected chi connectivity index (χ4v) is 1.94. The quantitative estimate of drug-likeness (QED) is 0.473. The Morgan fingerprint density at radius 2 is 2.43 bits per heavy atom. The molecule has 0 aliphatic carbocycles. The second kappa shape index (κ2) is 6.00. The molecule has 108 valence electrons. The summed E-state index contributed by atoms with van der Waals surface area (Å²) in [6.07, 6.45) is 0.123. The SMILES string of the molecule is CCOC(=O)C1=NN(c2cccc([N+](=O)[O-])c2)C(C#N)C1. The van der Waals surface area contributed by atoms with E-state index >= 15 is 0 Å². The molecule has 1 aromatic carbocycles. The van der Waals surface area contributed by atoms with E-state index in [1.165, 1.54) is 23.2 Å². The van der Waals surface area contributed by atoms with Gasteiger partial charge in [-0.25, -0.2) is 9.80 Å². The van der Waals surface area contributed by atoms with E-state index in [4.69, 9.17) is 10.00 Å². The smallest absolute Gasteiger partial charge is 0.354 e. The summed E-state index contributed by atoms with van der Waals surface area (Å²) in [6, 6.07) is 7.08. The maximum Gasteiger partial charge on any atom is 0.354 e. The van der Waals surface area contributed by atoms with Crippen LogP contribution in [0.5, 0.6) is 0 Å². The number of esters is 1. The zero-order chi connectivity index (χ0) is 15.4. The molecule has 1 heterocycles. The van der Waals surface area contributed by atoms with Crippen LogP contribution in [0.1, 0.15) is 13.3 Å². The monoisotopic (exact) mass is 288 g/mol. The largest absolute Gasteiger partial charge is 0.461 e. The van der Waals surface area contributed by atoms with Crippen molar-refractivity contribution in [1.82, 2.24) is 0 Å². The molecule has 1 aromatic rings. The number of nitrogens with zero attached hydrogens (tertiary/aromatic N) is 4. The Bertz CT molecular complexity index is 650. The molecule has 2 rings (SSSR count). The zero-order valence-electron chi connectivity index (χ0n) is 11.2. The predicted octanol–water partition coefficient (Wildman–Crippen LogP) is 1.62. The van der Waals surface area contributed by atoms with Crippen LogP contribution in [0, 0.1) is 21.4 Å². The molecule has 1 aliphatic heterocycles. The highest BCUT2D eigenvalue weighted by molar-refractivity contribution is 6.37. The molecule has 0 spiro atoms. The highest BCUT2D eigenvalue weighted by Gasteiger charge is 2.32. The van der Waals surface area contributed by atoms with Gasteiger partial charge in [0.2, 0.25) is 0 Å². The summed E-state index contributed by atoms with van der Waals surface area (Å²) in [4.78, 5) is 21.9. The van der Waals surface area contributed by atoms with Crippen molar-refractivity contribution in [3.63, 3.8) is 0 Å². The topological polar surface area (TPSA) is 109 Å². The Morgan fingerprint density at radius 1 is 1.67 bits per heavy atom. The summed E-state index contributed by atoms with van der Waals surface area (Å²) >= 11 is 0. The number of hydrogen-bond acceptors (Lipinski definition) is 7. The van der Waals surface area contributed by atoms with Gasteiger partial charge in [0.05, 0.1) is 23.3 Å². The van der Waals surface area contributed by atoms with Crippen LogP contribution < -0.4 is 5.01 Å². The second-order valence-electron chi connectivity index (χ2n) is 4.24. The standard InChI is InChI=1S/C13H12N4O4/c1-2-21-13(18)12-7-11(8-14)16(15-12)9-4-3-5-10(6-9)17(19)20/h3-6,11H,2,7H2,1H3. The van der Waals surface area contributed by atoms with Crippen molar-refractivity contribution in [3.8, 4) is 6.07 Å². The number of nitro groups is 1. The fourth-order valence-electron chi connectivity index (χ4n) is 1.94. The molecule has 0 fully saturated rings. The lowest BCUT2D eigenvalue weighted by atomic mass is 10.1. The van der Waals surface area contributed by atoms with Crippen molar-refractivity contribution >= 4 is 23.1 Å². The van der Waals surface area contributed by atoms with Gasteiger partial charge in [0.1, 0.15) is 11.8 Å². The van der Waals surface area contributed by atoms with Gasteiger partial charge >= 0.3 is 5.97 Å². The van der Waals surface area contributed by atoms with Crippen molar-refractivity contribution in [2.75, 3.05) is 11.6 Å². The van der Waals surface area contributed by atoms with Crippen LogP contribution in [0.4, 0.5) is 11.4 Å². The number of carbonyl (C=O) groups excluding carboxylic acids is 1. The Labute approximate surface area is 120 Å². The van der Waals surface area contributed by atoms with Gasteiger partial charge in [-0.15, -0.1) is 0 Å². The first-order chi connectivity index (χ1) is 10.1. The van der Waals surface area contributed by atoms with Crippen LogP contribution >= 0.6 is 0 Å². The predicted molar refractivity (Wildman–Crippen MR) is 73.7 cm³/mol. The summed E-state index contributed by atoms with van der Waals surface area (Å²) < 4.78 is 4.85. The van der Waals surface area contributed by atoms with Gasteiger partial charge in [0.15, 0.2) is 0 Å². The average molecular weight is 288 g/mol. The molecular formula is C13H12N4O4. The van der Waals surface area contributed by atoms with E-state index in [9.17, 15) is 14.9 Å². The third-order valence-corrected chi connectivity index (χ3v) is 2.88. The Hall–Kier alpha value is -2.95. The highest BCUT2D eigenvalue weighted by atomic mass is 16.6. The summed E-state index contributed by atoms with van der Waals surface area (Å²) in [7, 11) is 0. The first-order valence-corrected chi connectivity index (χ1v) is 6.24. The number of rotatable bonds is 4. The minimum atomic E-state index is -0.689. The molecule has 0 N–H and O–H groups in total. The molecule has 1 aliphatic rings. The minimum absolute atomic E-state index is 0.107. The molecule has 0 amide bonds. The summed E-state index contributed by atoms with van der Waals surface area (Å²) in [6.45, 7) is 1.89. The number of nitriles is 1. The van der Waals surface area contributed by atoms with Crippen LogP contribution in [-0.2, 0) is 9.53 Å². The van der Waals surface area contributed by atoms with Crippen molar-refractivity contribution in [1.29, 1.82) is 5.26 Å². The van der Waals surface area contributed by atoms with E-state index in [-0.39, 0.29) is 24.4 Å². The Morgan fingerprint density at radius 3 is 3.05 bits per heavy atom. The molecule has 0 bridgehead atoms. The van der Waals surface area contributed by atoms with E-state index in [1.807, 2.05) is 6.07 Å². The molecule has 0 aromatic heterocycles. The molecule has 0 radical (unpaired) electrons. The number of benzene rings is 1. The number of ether oxygens (including phenoxy) is 1. The molecule has 8 heteroatoms. The maximum atomic E-state index is 11.7. The molecular weight excluding hydrogens is 276 g/mol. The minimum Gasteiger partial charge on any atom is -0.461 e.